The lowest BCUT2D eigenvalue weighted by Crippen LogP contribution is -2.36. The van der Waals surface area contributed by atoms with Crippen molar-refractivity contribution in [2.45, 2.75) is 38.0 Å². The van der Waals surface area contributed by atoms with E-state index in [0.29, 0.717) is 5.95 Å². The maximum Gasteiger partial charge on any atom is 0.239 e. The van der Waals surface area contributed by atoms with Crippen LogP contribution in [0.15, 0.2) is 24.8 Å². The Labute approximate surface area is 150 Å². The zero-order valence-corrected chi connectivity index (χ0v) is 14.7. The van der Waals surface area contributed by atoms with Gasteiger partial charge >= 0.3 is 0 Å². The first-order valence-corrected chi connectivity index (χ1v) is 8.81. The molecule has 26 heavy (non-hydrogen) atoms. The number of pyridine rings is 1. The van der Waals surface area contributed by atoms with Crippen LogP contribution in [0, 0.1) is 6.92 Å². The molecule has 2 aliphatic rings. The Morgan fingerprint density at radius 1 is 1.23 bits per heavy atom. The summed E-state index contributed by atoms with van der Waals surface area (Å²) >= 11 is 0. The van der Waals surface area contributed by atoms with Gasteiger partial charge in [-0.1, -0.05) is 12.8 Å². The Kier molecular flexibility index (Phi) is 3.07. The van der Waals surface area contributed by atoms with Crippen LogP contribution in [0.1, 0.15) is 36.9 Å². The highest BCUT2D eigenvalue weighted by Crippen LogP contribution is 2.49. The fourth-order valence-corrected chi connectivity index (χ4v) is 4.20. The van der Waals surface area contributed by atoms with Crippen molar-refractivity contribution in [2.24, 2.45) is 0 Å². The Balaban J connectivity index is 1.56. The van der Waals surface area contributed by atoms with Gasteiger partial charge in [-0.05, 0) is 31.4 Å². The highest BCUT2D eigenvalue weighted by molar-refractivity contribution is 6.07. The Bertz CT molecular complexity index is 1040. The van der Waals surface area contributed by atoms with E-state index in [4.69, 9.17) is 4.98 Å². The number of aromatic nitrogens is 5. The third-order valence-corrected chi connectivity index (χ3v) is 5.62. The average Bonchev–Trinajstić information content (AvgIpc) is 3.34. The smallest absolute Gasteiger partial charge is 0.239 e. The molecule has 1 spiro atoms. The molecule has 8 nitrogen and oxygen atoms in total. The van der Waals surface area contributed by atoms with E-state index in [1.54, 1.807) is 15.6 Å². The molecule has 0 aromatic carbocycles. The van der Waals surface area contributed by atoms with Gasteiger partial charge in [0, 0.05) is 7.05 Å². The Hall–Kier alpha value is -3.03. The van der Waals surface area contributed by atoms with E-state index in [1.807, 2.05) is 26.2 Å². The lowest BCUT2D eigenvalue weighted by molar-refractivity contribution is -0.122. The summed E-state index contributed by atoms with van der Waals surface area (Å²) in [6.45, 7) is 2.00. The highest BCUT2D eigenvalue weighted by atomic mass is 16.2. The van der Waals surface area contributed by atoms with Gasteiger partial charge in [-0.25, -0.2) is 19.5 Å². The number of carbonyl (C=O) groups excluding carboxylic acids is 1. The topological polar surface area (TPSA) is 88.3 Å². The van der Waals surface area contributed by atoms with Crippen LogP contribution >= 0.6 is 0 Å². The average molecular weight is 349 g/mol. The zero-order chi connectivity index (χ0) is 17.9. The molecule has 1 fully saturated rings. The number of nitrogens with one attached hydrogen (secondary N) is 1. The number of carbonyl (C=O) groups is 1. The molecule has 132 valence electrons. The number of rotatable bonds is 2. The molecule has 3 aromatic rings. The zero-order valence-electron chi connectivity index (χ0n) is 14.7. The SMILES string of the molecule is Cc1cc2ncnn2cc1Nc1ncc2c(n1)C1(CCCC1)C(=O)N2C. The minimum Gasteiger partial charge on any atom is -0.323 e. The normalized spacial score (nSPS) is 18.1. The second kappa shape index (κ2) is 5.23. The molecular weight excluding hydrogens is 330 g/mol. The fourth-order valence-electron chi connectivity index (χ4n) is 4.20. The first-order valence-electron chi connectivity index (χ1n) is 8.81. The van der Waals surface area contributed by atoms with Gasteiger partial charge in [-0.2, -0.15) is 5.10 Å². The van der Waals surface area contributed by atoms with E-state index < -0.39 is 5.41 Å². The quantitative estimate of drug-likeness (QED) is 0.764. The van der Waals surface area contributed by atoms with Crippen molar-refractivity contribution in [3.8, 4) is 0 Å². The number of likely N-dealkylation sites (N-methyl/N-ethyl adjacent to an activating group) is 1. The molecule has 0 saturated heterocycles. The lowest BCUT2D eigenvalue weighted by Gasteiger charge is -2.20. The molecule has 4 heterocycles. The Morgan fingerprint density at radius 3 is 2.85 bits per heavy atom. The van der Waals surface area contributed by atoms with E-state index in [-0.39, 0.29) is 5.91 Å². The van der Waals surface area contributed by atoms with Crippen LogP contribution in [0.5, 0.6) is 0 Å². The van der Waals surface area contributed by atoms with E-state index in [9.17, 15) is 4.79 Å². The summed E-state index contributed by atoms with van der Waals surface area (Å²) in [5, 5.41) is 7.45. The maximum absolute atomic E-state index is 12.8. The first-order chi connectivity index (χ1) is 12.6. The molecule has 0 radical (unpaired) electrons. The van der Waals surface area contributed by atoms with Gasteiger partial charge in [-0.3, -0.25) is 4.79 Å². The van der Waals surface area contributed by atoms with E-state index >= 15 is 0 Å². The number of hydrogen-bond donors (Lipinski definition) is 1. The van der Waals surface area contributed by atoms with Crippen LogP contribution in [-0.2, 0) is 10.2 Å². The maximum atomic E-state index is 12.8. The lowest BCUT2D eigenvalue weighted by atomic mass is 9.83. The molecule has 0 unspecified atom stereocenters. The van der Waals surface area contributed by atoms with Crippen LogP contribution in [0.4, 0.5) is 17.3 Å². The molecule has 0 bridgehead atoms. The number of nitrogens with zero attached hydrogens (tertiary/aromatic N) is 6. The predicted molar refractivity (Wildman–Crippen MR) is 96.6 cm³/mol. The summed E-state index contributed by atoms with van der Waals surface area (Å²) in [7, 11) is 1.81. The molecule has 1 aliphatic carbocycles. The number of fused-ring (bicyclic) bond motifs is 3. The number of aryl methyl sites for hydroxylation is 1. The fraction of sp³-hybridized carbons (Fsp3) is 0.389. The molecule has 8 heteroatoms. The van der Waals surface area contributed by atoms with Gasteiger partial charge in [0.1, 0.15) is 6.33 Å². The van der Waals surface area contributed by atoms with Gasteiger partial charge in [-0.15, -0.1) is 0 Å². The molecular formula is C18H19N7O. The summed E-state index contributed by atoms with van der Waals surface area (Å²) in [4.78, 5) is 27.9. The first kappa shape index (κ1) is 15.2. The second-order valence-corrected chi connectivity index (χ2v) is 7.14. The van der Waals surface area contributed by atoms with Crippen LogP contribution < -0.4 is 10.2 Å². The summed E-state index contributed by atoms with van der Waals surface area (Å²) in [5.74, 6) is 0.650. The molecule has 1 saturated carbocycles. The largest absolute Gasteiger partial charge is 0.323 e. The summed E-state index contributed by atoms with van der Waals surface area (Å²) < 4.78 is 1.71. The van der Waals surface area contributed by atoms with Crippen molar-refractivity contribution in [1.82, 2.24) is 24.6 Å². The summed E-state index contributed by atoms with van der Waals surface area (Å²) in [5.41, 5.74) is 3.90. The molecule has 3 aromatic heterocycles. The van der Waals surface area contributed by atoms with E-state index in [0.717, 1.165) is 54.0 Å². The van der Waals surface area contributed by atoms with Gasteiger partial charge in [0.15, 0.2) is 5.65 Å². The van der Waals surface area contributed by atoms with Crippen molar-refractivity contribution in [1.29, 1.82) is 0 Å². The van der Waals surface area contributed by atoms with Crippen LogP contribution in [0.2, 0.25) is 0 Å². The van der Waals surface area contributed by atoms with Crippen LogP contribution in [0.25, 0.3) is 5.65 Å². The third kappa shape index (κ3) is 1.98. The molecule has 1 N–H and O–H groups in total. The van der Waals surface area contributed by atoms with Crippen molar-refractivity contribution >= 4 is 28.9 Å². The van der Waals surface area contributed by atoms with E-state index in [2.05, 4.69) is 20.4 Å². The monoisotopic (exact) mass is 349 g/mol. The molecule has 5 rings (SSSR count). The van der Waals surface area contributed by atoms with Crippen molar-refractivity contribution in [3.05, 3.63) is 36.0 Å². The van der Waals surface area contributed by atoms with Gasteiger partial charge < -0.3 is 10.2 Å². The number of amides is 1. The summed E-state index contributed by atoms with van der Waals surface area (Å²) in [6.07, 6.45) is 9.00. The van der Waals surface area contributed by atoms with Crippen molar-refractivity contribution < 1.29 is 4.79 Å². The van der Waals surface area contributed by atoms with E-state index in [1.165, 1.54) is 6.33 Å². The summed E-state index contributed by atoms with van der Waals surface area (Å²) in [6, 6.07) is 1.96. The molecule has 1 amide bonds. The highest BCUT2D eigenvalue weighted by Gasteiger charge is 2.52. The van der Waals surface area contributed by atoms with Crippen LogP contribution in [0.3, 0.4) is 0 Å². The second-order valence-electron chi connectivity index (χ2n) is 7.14. The van der Waals surface area contributed by atoms with Crippen molar-refractivity contribution in [2.75, 3.05) is 17.3 Å². The van der Waals surface area contributed by atoms with Gasteiger partial charge in [0.25, 0.3) is 0 Å². The minimum absolute atomic E-state index is 0.150. The predicted octanol–water partition coefficient (Wildman–Crippen LogP) is 2.36. The van der Waals surface area contributed by atoms with Crippen LogP contribution in [-0.4, -0.2) is 37.5 Å². The minimum atomic E-state index is -0.464. The van der Waals surface area contributed by atoms with Gasteiger partial charge in [0.05, 0.1) is 34.9 Å². The third-order valence-electron chi connectivity index (χ3n) is 5.62. The number of anilines is 3. The Morgan fingerprint density at radius 2 is 2.04 bits per heavy atom. The number of hydrogen-bond acceptors (Lipinski definition) is 6. The van der Waals surface area contributed by atoms with Gasteiger partial charge in [0.2, 0.25) is 11.9 Å². The van der Waals surface area contributed by atoms with Crippen molar-refractivity contribution in [3.63, 3.8) is 0 Å². The molecule has 0 atom stereocenters. The standard InChI is InChI=1S/C18H19N7O/c1-11-7-14-20-10-21-25(14)9-12(11)22-17-19-8-13-15(23-17)18(5-3-4-6-18)16(26)24(13)2/h7-10H,3-6H2,1-2H3,(H,19,22,23). The molecule has 1 aliphatic heterocycles.